The van der Waals surface area contributed by atoms with Gasteiger partial charge in [-0.05, 0) is 55.0 Å². The van der Waals surface area contributed by atoms with E-state index in [2.05, 4.69) is 15.3 Å². The number of rotatable bonds is 6. The second-order valence-corrected chi connectivity index (χ2v) is 6.73. The molecule has 0 saturated heterocycles. The molecule has 0 aliphatic heterocycles. The summed E-state index contributed by atoms with van der Waals surface area (Å²) in [5.74, 6) is -0.224. The summed E-state index contributed by atoms with van der Waals surface area (Å²) in [7, 11) is 0. The van der Waals surface area contributed by atoms with Crippen LogP contribution in [0.15, 0.2) is 79.3 Å². The molecule has 0 aliphatic rings. The number of hydrogen-bond donors (Lipinski definition) is 2. The van der Waals surface area contributed by atoms with Crippen molar-refractivity contribution in [1.29, 1.82) is 0 Å². The Kier molecular flexibility index (Phi) is 5.57. The monoisotopic (exact) mass is 399 g/mol. The first-order chi connectivity index (χ1) is 14.7. The summed E-state index contributed by atoms with van der Waals surface area (Å²) in [5.41, 5.74) is 3.46. The van der Waals surface area contributed by atoms with Gasteiger partial charge in [0.05, 0.1) is 18.2 Å². The van der Waals surface area contributed by atoms with E-state index in [4.69, 9.17) is 4.74 Å². The number of fused-ring (bicyclic) bond motifs is 1. The number of carbonyl (C=O) groups excluding carboxylic acids is 1. The van der Waals surface area contributed by atoms with Crippen molar-refractivity contribution < 1.29 is 14.6 Å². The van der Waals surface area contributed by atoms with Gasteiger partial charge in [-0.2, -0.15) is 0 Å². The molecular weight excluding hydrogens is 378 g/mol. The zero-order valence-electron chi connectivity index (χ0n) is 16.4. The molecule has 0 aliphatic carbocycles. The van der Waals surface area contributed by atoms with Gasteiger partial charge in [0.15, 0.2) is 0 Å². The van der Waals surface area contributed by atoms with Crippen molar-refractivity contribution >= 4 is 22.6 Å². The molecule has 2 N–H and O–H groups in total. The fraction of sp³-hybridized carbons (Fsp3) is 0.125. The van der Waals surface area contributed by atoms with Gasteiger partial charge in [-0.3, -0.25) is 9.97 Å². The maximum atomic E-state index is 11.9. The fourth-order valence-corrected chi connectivity index (χ4v) is 3.36. The number of nitrogens with zero attached hydrogens (tertiary/aromatic N) is 2. The van der Waals surface area contributed by atoms with Gasteiger partial charge in [-0.15, -0.1) is 0 Å². The predicted octanol–water partition coefficient (Wildman–Crippen LogP) is 4.71. The number of benzene rings is 2. The normalized spacial score (nSPS) is 11.8. The highest BCUT2D eigenvalue weighted by molar-refractivity contribution is 5.90. The summed E-state index contributed by atoms with van der Waals surface area (Å²) in [6.45, 7) is 2.11. The van der Waals surface area contributed by atoms with Crippen molar-refractivity contribution in [2.75, 3.05) is 11.9 Å². The second kappa shape index (κ2) is 8.61. The number of pyridine rings is 2. The summed E-state index contributed by atoms with van der Waals surface area (Å²) in [4.78, 5) is 20.3. The Hall–Kier alpha value is -3.93. The number of hydrogen-bond acceptors (Lipinski definition) is 6. The van der Waals surface area contributed by atoms with Gasteiger partial charge in [0.2, 0.25) is 0 Å². The van der Waals surface area contributed by atoms with Crippen molar-refractivity contribution in [2.24, 2.45) is 0 Å². The summed E-state index contributed by atoms with van der Waals surface area (Å²) in [6, 6.07) is 18.1. The van der Waals surface area contributed by atoms with E-state index in [1.54, 1.807) is 37.6 Å². The van der Waals surface area contributed by atoms with E-state index in [0.29, 0.717) is 23.3 Å². The lowest BCUT2D eigenvalue weighted by Gasteiger charge is -2.22. The molecular formula is C24H21N3O3. The van der Waals surface area contributed by atoms with Crippen LogP contribution in [0.4, 0.5) is 5.69 Å². The number of phenolic OH excluding ortho intramolecular Hbond substituents is 1. The highest BCUT2D eigenvalue weighted by atomic mass is 16.5. The van der Waals surface area contributed by atoms with Gasteiger partial charge in [-0.25, -0.2) is 4.79 Å². The molecule has 0 spiro atoms. The smallest absolute Gasteiger partial charge is 0.338 e. The molecule has 150 valence electrons. The molecule has 4 rings (SSSR count). The molecule has 0 bridgehead atoms. The molecule has 2 aromatic carbocycles. The predicted molar refractivity (Wildman–Crippen MR) is 116 cm³/mol. The number of aromatic nitrogens is 2. The first kappa shape index (κ1) is 19.4. The van der Waals surface area contributed by atoms with Crippen LogP contribution in [0.1, 0.15) is 34.5 Å². The van der Waals surface area contributed by atoms with Crippen LogP contribution in [-0.2, 0) is 4.74 Å². The summed E-state index contributed by atoms with van der Waals surface area (Å²) >= 11 is 0. The molecule has 1 unspecified atom stereocenters. The molecule has 2 heterocycles. The first-order valence-corrected chi connectivity index (χ1v) is 9.67. The Bertz CT molecular complexity index is 1160. The van der Waals surface area contributed by atoms with Crippen molar-refractivity contribution in [1.82, 2.24) is 9.97 Å². The van der Waals surface area contributed by atoms with Crippen LogP contribution in [0.2, 0.25) is 0 Å². The molecule has 6 nitrogen and oxygen atoms in total. The third kappa shape index (κ3) is 3.93. The average Bonchev–Trinajstić information content (AvgIpc) is 2.79. The molecule has 2 aromatic heterocycles. The van der Waals surface area contributed by atoms with Gasteiger partial charge in [0.1, 0.15) is 11.3 Å². The maximum absolute atomic E-state index is 11.9. The minimum Gasteiger partial charge on any atom is -0.505 e. The van der Waals surface area contributed by atoms with Gasteiger partial charge < -0.3 is 15.2 Å². The van der Waals surface area contributed by atoms with E-state index < -0.39 is 0 Å². The van der Waals surface area contributed by atoms with Gasteiger partial charge in [0, 0.05) is 35.2 Å². The van der Waals surface area contributed by atoms with Gasteiger partial charge >= 0.3 is 5.97 Å². The lowest BCUT2D eigenvalue weighted by Crippen LogP contribution is -2.13. The van der Waals surface area contributed by atoms with E-state index >= 15 is 0 Å². The minimum absolute atomic E-state index is 0.130. The van der Waals surface area contributed by atoms with Crippen molar-refractivity contribution in [3.8, 4) is 5.75 Å². The largest absolute Gasteiger partial charge is 0.505 e. The number of esters is 1. The van der Waals surface area contributed by atoms with E-state index in [1.807, 2.05) is 48.5 Å². The minimum atomic E-state index is -0.354. The quantitative estimate of drug-likeness (QED) is 0.457. The Morgan fingerprint density at radius 3 is 2.53 bits per heavy atom. The Morgan fingerprint density at radius 2 is 1.80 bits per heavy atom. The van der Waals surface area contributed by atoms with E-state index in [-0.39, 0.29) is 17.8 Å². The standard InChI is InChI=1S/C24H21N3O3/c1-2-30-24(29)18-5-8-19(9-6-18)27-21(17-11-14-25-15-12-17)20-10-7-16-4-3-13-26-22(16)23(20)28/h3-15,21,27-28H,2H2,1H3. The summed E-state index contributed by atoms with van der Waals surface area (Å²) in [5, 5.41) is 15.3. The average molecular weight is 399 g/mol. The van der Waals surface area contributed by atoms with Crippen LogP contribution in [0, 0.1) is 0 Å². The van der Waals surface area contributed by atoms with Crippen LogP contribution in [0.25, 0.3) is 10.9 Å². The van der Waals surface area contributed by atoms with Crippen LogP contribution in [0.3, 0.4) is 0 Å². The SMILES string of the molecule is CCOC(=O)c1ccc(NC(c2ccncc2)c2ccc3cccnc3c2O)cc1. The summed E-state index contributed by atoms with van der Waals surface area (Å²) in [6.07, 6.45) is 5.09. The van der Waals surface area contributed by atoms with Crippen molar-refractivity contribution in [3.63, 3.8) is 0 Å². The molecule has 0 radical (unpaired) electrons. The topological polar surface area (TPSA) is 84.3 Å². The fourth-order valence-electron chi connectivity index (χ4n) is 3.36. The highest BCUT2D eigenvalue weighted by Gasteiger charge is 2.20. The first-order valence-electron chi connectivity index (χ1n) is 9.67. The second-order valence-electron chi connectivity index (χ2n) is 6.73. The van der Waals surface area contributed by atoms with Crippen LogP contribution < -0.4 is 5.32 Å². The highest BCUT2D eigenvalue weighted by Crippen LogP contribution is 2.36. The number of aromatic hydroxyl groups is 1. The van der Waals surface area contributed by atoms with Crippen molar-refractivity contribution in [3.05, 3.63) is 95.9 Å². The molecule has 0 fully saturated rings. The van der Waals surface area contributed by atoms with E-state index in [1.165, 1.54) is 0 Å². The molecule has 0 amide bonds. The number of carbonyl (C=O) groups is 1. The maximum Gasteiger partial charge on any atom is 0.338 e. The Morgan fingerprint density at radius 1 is 1.03 bits per heavy atom. The van der Waals surface area contributed by atoms with Crippen LogP contribution in [-0.4, -0.2) is 27.7 Å². The van der Waals surface area contributed by atoms with Gasteiger partial charge in [0.25, 0.3) is 0 Å². The third-order valence-electron chi connectivity index (χ3n) is 4.84. The molecule has 4 aromatic rings. The third-order valence-corrected chi connectivity index (χ3v) is 4.84. The van der Waals surface area contributed by atoms with Crippen LogP contribution in [0.5, 0.6) is 5.75 Å². The van der Waals surface area contributed by atoms with Crippen LogP contribution >= 0.6 is 0 Å². The lowest BCUT2D eigenvalue weighted by atomic mass is 9.96. The number of phenols is 1. The zero-order chi connectivity index (χ0) is 20.9. The van der Waals surface area contributed by atoms with E-state index in [9.17, 15) is 9.90 Å². The molecule has 1 atom stereocenters. The number of ether oxygens (including phenoxy) is 1. The number of anilines is 1. The van der Waals surface area contributed by atoms with Crippen molar-refractivity contribution in [2.45, 2.75) is 13.0 Å². The zero-order valence-corrected chi connectivity index (χ0v) is 16.4. The lowest BCUT2D eigenvalue weighted by molar-refractivity contribution is 0.0526. The number of nitrogens with one attached hydrogen (secondary N) is 1. The van der Waals surface area contributed by atoms with E-state index in [0.717, 1.165) is 16.6 Å². The molecule has 30 heavy (non-hydrogen) atoms. The Labute approximate surface area is 174 Å². The summed E-state index contributed by atoms with van der Waals surface area (Å²) < 4.78 is 5.04. The van der Waals surface area contributed by atoms with Gasteiger partial charge in [-0.1, -0.05) is 18.2 Å². The Balaban J connectivity index is 1.72. The molecule has 6 heteroatoms. The molecule has 0 saturated carbocycles.